The number of benzene rings is 2. The maximum absolute atomic E-state index is 11.7. The molecule has 0 amide bonds. The van der Waals surface area contributed by atoms with E-state index < -0.39 is 16.0 Å². The third-order valence-electron chi connectivity index (χ3n) is 2.73. The van der Waals surface area contributed by atoms with E-state index in [1.54, 1.807) is 37.3 Å². The van der Waals surface area contributed by atoms with Crippen molar-refractivity contribution in [3.8, 4) is 0 Å². The first-order valence-electron chi connectivity index (χ1n) is 5.91. The van der Waals surface area contributed by atoms with Crippen LogP contribution in [0.3, 0.4) is 0 Å². The van der Waals surface area contributed by atoms with Crippen LogP contribution in [-0.2, 0) is 10.0 Å². The van der Waals surface area contributed by atoms with Gasteiger partial charge in [-0.05, 0) is 30.7 Å². The van der Waals surface area contributed by atoms with E-state index in [1.807, 2.05) is 0 Å². The Kier molecular flexibility index (Phi) is 4.36. The highest BCUT2D eigenvalue weighted by molar-refractivity contribution is 8.00. The lowest BCUT2D eigenvalue weighted by Gasteiger charge is -2.12. The second-order valence-corrected chi connectivity index (χ2v) is 6.99. The summed E-state index contributed by atoms with van der Waals surface area (Å²) in [6.07, 6.45) is 0. The third kappa shape index (κ3) is 3.63. The van der Waals surface area contributed by atoms with Crippen LogP contribution in [-0.4, -0.2) is 14.4 Å². The summed E-state index contributed by atoms with van der Waals surface area (Å²) in [5, 5.41) is 16.3. The molecule has 0 fully saturated rings. The van der Waals surface area contributed by atoms with Gasteiger partial charge in [-0.25, -0.2) is 13.6 Å². The van der Waals surface area contributed by atoms with Gasteiger partial charge in [-0.3, -0.25) is 0 Å². The number of primary sulfonamides is 1. The van der Waals surface area contributed by atoms with E-state index in [0.29, 0.717) is 9.79 Å². The summed E-state index contributed by atoms with van der Waals surface area (Å²) in [7, 11) is -3.89. The van der Waals surface area contributed by atoms with E-state index >= 15 is 0 Å². The van der Waals surface area contributed by atoms with Gasteiger partial charge in [0.1, 0.15) is 0 Å². The quantitative estimate of drug-likeness (QED) is 0.910. The molecule has 21 heavy (non-hydrogen) atoms. The summed E-state index contributed by atoms with van der Waals surface area (Å²) in [6.45, 7) is 1.75. The molecule has 0 saturated carbocycles. The molecule has 2 N–H and O–H groups in total. The van der Waals surface area contributed by atoms with Crippen molar-refractivity contribution >= 4 is 27.8 Å². The largest absolute Gasteiger partial charge is 0.545 e. The SMILES string of the molecule is Cc1ccc(Sc2ccccc2C(=O)[O-])c(S(N)(=O)=O)c1. The Labute approximate surface area is 126 Å². The molecule has 0 aliphatic heterocycles. The van der Waals surface area contributed by atoms with Gasteiger partial charge in [0.15, 0.2) is 0 Å². The zero-order valence-electron chi connectivity index (χ0n) is 11.1. The monoisotopic (exact) mass is 322 g/mol. The zero-order valence-corrected chi connectivity index (χ0v) is 12.7. The van der Waals surface area contributed by atoms with Crippen LogP contribution in [0.2, 0.25) is 0 Å². The van der Waals surface area contributed by atoms with Crippen LogP contribution in [0.4, 0.5) is 0 Å². The maximum Gasteiger partial charge on any atom is 0.239 e. The van der Waals surface area contributed by atoms with Crippen molar-refractivity contribution in [2.45, 2.75) is 21.6 Å². The minimum absolute atomic E-state index is 0.00319. The fourth-order valence-corrected chi connectivity index (χ4v) is 3.88. The van der Waals surface area contributed by atoms with Gasteiger partial charge < -0.3 is 9.90 Å². The predicted octanol–water partition coefficient (Wildman–Crippen LogP) is 1.16. The lowest BCUT2D eigenvalue weighted by atomic mass is 10.2. The van der Waals surface area contributed by atoms with Crippen LogP contribution in [0, 0.1) is 6.92 Å². The van der Waals surface area contributed by atoms with Crippen LogP contribution in [0.5, 0.6) is 0 Å². The summed E-state index contributed by atoms with van der Waals surface area (Å²) in [4.78, 5) is 11.8. The summed E-state index contributed by atoms with van der Waals surface area (Å²) in [5.41, 5.74) is 0.750. The number of carbonyl (C=O) groups excluding carboxylic acids is 1. The van der Waals surface area contributed by atoms with Gasteiger partial charge >= 0.3 is 0 Å². The van der Waals surface area contributed by atoms with Gasteiger partial charge in [0.2, 0.25) is 10.0 Å². The van der Waals surface area contributed by atoms with Crippen molar-refractivity contribution < 1.29 is 18.3 Å². The number of sulfonamides is 1. The van der Waals surface area contributed by atoms with E-state index in [4.69, 9.17) is 5.14 Å². The van der Waals surface area contributed by atoms with E-state index in [9.17, 15) is 18.3 Å². The highest BCUT2D eigenvalue weighted by Crippen LogP contribution is 2.34. The summed E-state index contributed by atoms with van der Waals surface area (Å²) < 4.78 is 23.3. The van der Waals surface area contributed by atoms with Crippen LogP contribution >= 0.6 is 11.8 Å². The number of aromatic carboxylic acids is 1. The Balaban J connectivity index is 2.53. The number of rotatable bonds is 4. The van der Waals surface area contributed by atoms with Gasteiger partial charge in [-0.2, -0.15) is 0 Å². The first-order chi connectivity index (χ1) is 9.79. The molecular formula is C14H12NO4S2-. The summed E-state index contributed by atoms with van der Waals surface area (Å²) >= 11 is 1.02. The minimum Gasteiger partial charge on any atom is -0.545 e. The third-order valence-corrected chi connectivity index (χ3v) is 4.96. The molecule has 0 aliphatic rings. The molecular weight excluding hydrogens is 310 g/mol. The Morgan fingerprint density at radius 3 is 2.43 bits per heavy atom. The molecule has 0 atom stereocenters. The Hall–Kier alpha value is -1.83. The van der Waals surface area contributed by atoms with Crippen molar-refractivity contribution in [3.63, 3.8) is 0 Å². The predicted molar refractivity (Wildman–Crippen MR) is 77.4 cm³/mol. The minimum atomic E-state index is -3.89. The van der Waals surface area contributed by atoms with E-state index in [1.165, 1.54) is 12.1 Å². The number of carboxylic acids is 1. The Morgan fingerprint density at radius 1 is 1.14 bits per heavy atom. The van der Waals surface area contributed by atoms with E-state index in [2.05, 4.69) is 0 Å². The lowest BCUT2D eigenvalue weighted by Crippen LogP contribution is -2.22. The molecule has 0 bridgehead atoms. The highest BCUT2D eigenvalue weighted by Gasteiger charge is 2.16. The first-order valence-corrected chi connectivity index (χ1v) is 8.27. The molecule has 7 heteroatoms. The van der Waals surface area contributed by atoms with Gasteiger partial charge in [0, 0.05) is 15.4 Å². The molecule has 110 valence electrons. The van der Waals surface area contributed by atoms with Gasteiger partial charge in [0.05, 0.1) is 10.9 Å². The molecule has 2 aromatic carbocycles. The molecule has 0 unspecified atom stereocenters. The molecule has 0 spiro atoms. The Morgan fingerprint density at radius 2 is 1.81 bits per heavy atom. The van der Waals surface area contributed by atoms with Crippen molar-refractivity contribution in [3.05, 3.63) is 53.6 Å². The number of hydrogen-bond acceptors (Lipinski definition) is 5. The molecule has 0 heterocycles. The highest BCUT2D eigenvalue weighted by atomic mass is 32.2. The summed E-state index contributed by atoms with van der Waals surface area (Å²) in [6, 6.07) is 11.0. The average Bonchev–Trinajstić information content (AvgIpc) is 2.40. The first kappa shape index (κ1) is 15.6. The zero-order chi connectivity index (χ0) is 15.6. The molecule has 0 aromatic heterocycles. The van der Waals surface area contributed by atoms with Crippen LogP contribution in [0.1, 0.15) is 15.9 Å². The van der Waals surface area contributed by atoms with E-state index in [0.717, 1.165) is 17.3 Å². The van der Waals surface area contributed by atoms with Crippen LogP contribution < -0.4 is 10.2 Å². The second kappa shape index (κ2) is 5.88. The van der Waals surface area contributed by atoms with Crippen molar-refractivity contribution in [1.29, 1.82) is 0 Å². The number of carbonyl (C=O) groups is 1. The van der Waals surface area contributed by atoms with Gasteiger partial charge in [0.25, 0.3) is 0 Å². The Bertz CT molecular complexity index is 800. The van der Waals surface area contributed by atoms with Gasteiger partial charge in [-0.1, -0.05) is 36.0 Å². The molecule has 0 aliphatic carbocycles. The molecule has 5 nitrogen and oxygen atoms in total. The normalized spacial score (nSPS) is 11.3. The molecule has 0 saturated heterocycles. The number of carboxylic acid groups (broad SMARTS) is 1. The number of aryl methyl sites for hydroxylation is 1. The summed E-state index contributed by atoms with van der Waals surface area (Å²) in [5.74, 6) is -1.32. The fourth-order valence-electron chi connectivity index (χ4n) is 1.76. The maximum atomic E-state index is 11.7. The standard InChI is InChI=1S/C14H13NO4S2/c1-9-6-7-12(13(8-9)21(15,18)19)20-11-5-3-2-4-10(11)14(16)17/h2-8H,1H3,(H,16,17)(H2,15,18,19)/p-1. The smallest absolute Gasteiger partial charge is 0.239 e. The lowest BCUT2D eigenvalue weighted by molar-refractivity contribution is -0.255. The van der Waals surface area contributed by atoms with Gasteiger partial charge in [-0.15, -0.1) is 0 Å². The van der Waals surface area contributed by atoms with Crippen LogP contribution in [0.25, 0.3) is 0 Å². The second-order valence-electron chi connectivity index (χ2n) is 4.38. The van der Waals surface area contributed by atoms with Crippen molar-refractivity contribution in [1.82, 2.24) is 0 Å². The number of hydrogen-bond donors (Lipinski definition) is 1. The topological polar surface area (TPSA) is 100 Å². The molecule has 2 aromatic rings. The molecule has 0 radical (unpaired) electrons. The van der Waals surface area contributed by atoms with Crippen molar-refractivity contribution in [2.75, 3.05) is 0 Å². The number of nitrogens with two attached hydrogens (primary N) is 1. The average molecular weight is 322 g/mol. The van der Waals surface area contributed by atoms with E-state index in [-0.39, 0.29) is 10.5 Å². The molecule has 2 rings (SSSR count). The van der Waals surface area contributed by atoms with Crippen LogP contribution in [0.15, 0.2) is 57.2 Å². The van der Waals surface area contributed by atoms with Crippen molar-refractivity contribution in [2.24, 2.45) is 5.14 Å². The fraction of sp³-hybridized carbons (Fsp3) is 0.0714.